The smallest absolute Gasteiger partial charge is 0.354 e. The normalized spacial score (nSPS) is 11.1. The van der Waals surface area contributed by atoms with Crippen molar-refractivity contribution in [2.24, 2.45) is 0 Å². The molecule has 0 aliphatic carbocycles. The molecule has 2 heterocycles. The Hall–Kier alpha value is -2.15. The Morgan fingerprint density at radius 3 is 3.00 bits per heavy atom. The fourth-order valence-electron chi connectivity index (χ4n) is 1.90. The standard InChI is InChI=1S/C12H17N5O2/c1-9-13-3-4-17(9)6-5-16(2)8-10-7-14-15-11(10)12(18)19/h3-4,7H,5-6,8H2,1-2H3,(H,14,15)(H,18,19). The van der Waals surface area contributed by atoms with Gasteiger partial charge in [-0.2, -0.15) is 5.10 Å². The van der Waals surface area contributed by atoms with Crippen LogP contribution in [0.1, 0.15) is 21.9 Å². The van der Waals surface area contributed by atoms with Gasteiger partial charge in [0.1, 0.15) is 11.5 Å². The van der Waals surface area contributed by atoms with Crippen LogP contribution in [-0.2, 0) is 13.1 Å². The van der Waals surface area contributed by atoms with Gasteiger partial charge in [-0.25, -0.2) is 9.78 Å². The van der Waals surface area contributed by atoms with Gasteiger partial charge >= 0.3 is 5.97 Å². The van der Waals surface area contributed by atoms with E-state index in [0.29, 0.717) is 12.1 Å². The maximum absolute atomic E-state index is 11.0. The summed E-state index contributed by atoms with van der Waals surface area (Å²) in [6.07, 6.45) is 5.26. The van der Waals surface area contributed by atoms with Crippen LogP contribution in [-0.4, -0.2) is 49.3 Å². The number of hydrogen-bond donors (Lipinski definition) is 2. The molecule has 7 nitrogen and oxygen atoms in total. The number of nitrogens with zero attached hydrogens (tertiary/aromatic N) is 4. The van der Waals surface area contributed by atoms with E-state index in [1.807, 2.05) is 20.2 Å². The highest BCUT2D eigenvalue weighted by Gasteiger charge is 2.13. The van der Waals surface area contributed by atoms with Gasteiger partial charge in [0, 0.05) is 37.6 Å². The van der Waals surface area contributed by atoms with Crippen molar-refractivity contribution < 1.29 is 9.90 Å². The molecule has 0 saturated heterocycles. The Kier molecular flexibility index (Phi) is 3.96. The fraction of sp³-hybridized carbons (Fsp3) is 0.417. The van der Waals surface area contributed by atoms with Crippen molar-refractivity contribution in [2.75, 3.05) is 13.6 Å². The highest BCUT2D eigenvalue weighted by molar-refractivity contribution is 5.86. The van der Waals surface area contributed by atoms with Crippen LogP contribution < -0.4 is 0 Å². The van der Waals surface area contributed by atoms with Gasteiger partial charge in [0.15, 0.2) is 0 Å². The van der Waals surface area contributed by atoms with E-state index in [-0.39, 0.29) is 5.69 Å². The van der Waals surface area contributed by atoms with Crippen LogP contribution in [0.2, 0.25) is 0 Å². The lowest BCUT2D eigenvalue weighted by molar-refractivity contribution is 0.0688. The first-order chi connectivity index (χ1) is 9.08. The molecule has 0 amide bonds. The quantitative estimate of drug-likeness (QED) is 0.803. The topological polar surface area (TPSA) is 87.0 Å². The van der Waals surface area contributed by atoms with Gasteiger partial charge in [0.2, 0.25) is 0 Å². The zero-order chi connectivity index (χ0) is 13.8. The second-order valence-electron chi connectivity index (χ2n) is 4.48. The Balaban J connectivity index is 1.91. The Labute approximate surface area is 110 Å². The third kappa shape index (κ3) is 3.19. The molecule has 0 aromatic carbocycles. The number of aromatic carboxylic acids is 1. The van der Waals surface area contributed by atoms with Crippen molar-refractivity contribution in [2.45, 2.75) is 20.0 Å². The average molecular weight is 263 g/mol. The van der Waals surface area contributed by atoms with Crippen LogP contribution in [0.15, 0.2) is 18.6 Å². The van der Waals surface area contributed by atoms with Gasteiger partial charge < -0.3 is 14.6 Å². The fourth-order valence-corrected chi connectivity index (χ4v) is 1.90. The Morgan fingerprint density at radius 2 is 2.37 bits per heavy atom. The summed E-state index contributed by atoms with van der Waals surface area (Å²) in [6, 6.07) is 0. The van der Waals surface area contributed by atoms with Crippen LogP contribution in [0.5, 0.6) is 0 Å². The zero-order valence-corrected chi connectivity index (χ0v) is 11.0. The third-order valence-electron chi connectivity index (χ3n) is 3.02. The molecule has 0 fully saturated rings. The van der Waals surface area contributed by atoms with E-state index >= 15 is 0 Å². The van der Waals surface area contributed by atoms with Gasteiger partial charge in [-0.15, -0.1) is 0 Å². The van der Waals surface area contributed by atoms with Crippen LogP contribution >= 0.6 is 0 Å². The largest absolute Gasteiger partial charge is 0.477 e. The lowest BCUT2D eigenvalue weighted by Crippen LogP contribution is -2.23. The molecule has 102 valence electrons. The first-order valence-corrected chi connectivity index (χ1v) is 5.99. The number of hydrogen-bond acceptors (Lipinski definition) is 4. The highest BCUT2D eigenvalue weighted by atomic mass is 16.4. The first kappa shape index (κ1) is 13.3. The highest BCUT2D eigenvalue weighted by Crippen LogP contribution is 2.07. The van der Waals surface area contributed by atoms with Gasteiger partial charge in [-0.3, -0.25) is 5.10 Å². The van der Waals surface area contributed by atoms with Crippen molar-refractivity contribution in [3.8, 4) is 0 Å². The molecule has 2 N–H and O–H groups in total. The number of carboxylic acid groups (broad SMARTS) is 1. The van der Waals surface area contributed by atoms with Gasteiger partial charge in [-0.1, -0.05) is 0 Å². The molecular formula is C12H17N5O2. The van der Waals surface area contributed by atoms with E-state index in [9.17, 15) is 4.79 Å². The maximum Gasteiger partial charge on any atom is 0.354 e. The molecule has 2 rings (SSSR count). The summed E-state index contributed by atoms with van der Waals surface area (Å²) < 4.78 is 2.06. The minimum Gasteiger partial charge on any atom is -0.477 e. The van der Waals surface area contributed by atoms with Crippen LogP contribution in [0.25, 0.3) is 0 Å². The summed E-state index contributed by atoms with van der Waals surface area (Å²) >= 11 is 0. The Morgan fingerprint density at radius 1 is 1.58 bits per heavy atom. The second kappa shape index (κ2) is 5.66. The first-order valence-electron chi connectivity index (χ1n) is 5.99. The van der Waals surface area contributed by atoms with Crippen LogP contribution in [0.4, 0.5) is 0 Å². The molecule has 0 atom stereocenters. The molecule has 0 saturated carbocycles. The molecule has 0 radical (unpaired) electrons. The molecule has 0 bridgehead atoms. The molecule has 0 spiro atoms. The molecular weight excluding hydrogens is 246 g/mol. The number of carbonyl (C=O) groups is 1. The zero-order valence-electron chi connectivity index (χ0n) is 11.0. The summed E-state index contributed by atoms with van der Waals surface area (Å²) in [5.41, 5.74) is 0.850. The van der Waals surface area contributed by atoms with E-state index in [1.54, 1.807) is 12.4 Å². The van der Waals surface area contributed by atoms with Gasteiger partial charge in [0.25, 0.3) is 0 Å². The third-order valence-corrected chi connectivity index (χ3v) is 3.02. The van der Waals surface area contributed by atoms with Crippen molar-refractivity contribution >= 4 is 5.97 Å². The molecule has 0 aliphatic heterocycles. The lowest BCUT2D eigenvalue weighted by atomic mass is 10.2. The molecule has 0 aliphatic rings. The number of imidazole rings is 1. The van der Waals surface area contributed by atoms with Gasteiger partial charge in [-0.05, 0) is 14.0 Å². The van der Waals surface area contributed by atoms with E-state index in [0.717, 1.165) is 18.9 Å². The van der Waals surface area contributed by atoms with E-state index < -0.39 is 5.97 Å². The van der Waals surface area contributed by atoms with Crippen molar-refractivity contribution in [3.63, 3.8) is 0 Å². The SMILES string of the molecule is Cc1nccn1CCN(C)Cc1cn[nH]c1C(=O)O. The molecule has 2 aromatic rings. The number of carboxylic acids is 1. The minimum absolute atomic E-state index is 0.158. The van der Waals surface area contributed by atoms with Crippen LogP contribution in [0.3, 0.4) is 0 Å². The molecule has 0 unspecified atom stereocenters. The van der Waals surface area contributed by atoms with E-state index in [1.165, 1.54) is 0 Å². The predicted molar refractivity (Wildman–Crippen MR) is 68.8 cm³/mol. The summed E-state index contributed by atoms with van der Waals surface area (Å²) in [5, 5.41) is 15.3. The van der Waals surface area contributed by atoms with Gasteiger partial charge in [0.05, 0.1) is 6.20 Å². The van der Waals surface area contributed by atoms with E-state index in [4.69, 9.17) is 5.11 Å². The van der Waals surface area contributed by atoms with Crippen LogP contribution in [0, 0.1) is 6.92 Å². The number of nitrogens with one attached hydrogen (secondary N) is 1. The number of H-pyrrole nitrogens is 1. The number of aryl methyl sites for hydroxylation is 1. The lowest BCUT2D eigenvalue weighted by Gasteiger charge is -2.16. The number of aromatic nitrogens is 4. The molecule has 19 heavy (non-hydrogen) atoms. The number of likely N-dealkylation sites (N-methyl/N-ethyl adjacent to an activating group) is 1. The maximum atomic E-state index is 11.0. The van der Waals surface area contributed by atoms with Crippen molar-refractivity contribution in [1.29, 1.82) is 0 Å². The van der Waals surface area contributed by atoms with Crippen molar-refractivity contribution in [1.82, 2.24) is 24.6 Å². The minimum atomic E-state index is -0.980. The Bertz CT molecular complexity index is 560. The average Bonchev–Trinajstić information content (AvgIpc) is 2.95. The summed E-state index contributed by atoms with van der Waals surface area (Å²) in [5.74, 6) is -0.00529. The summed E-state index contributed by atoms with van der Waals surface area (Å²) in [4.78, 5) is 17.2. The van der Waals surface area contributed by atoms with Crippen molar-refractivity contribution in [3.05, 3.63) is 35.7 Å². The number of aromatic amines is 1. The summed E-state index contributed by atoms with van der Waals surface area (Å²) in [7, 11) is 1.95. The molecule has 2 aromatic heterocycles. The summed E-state index contributed by atoms with van der Waals surface area (Å²) in [6.45, 7) is 4.13. The molecule has 7 heteroatoms. The van der Waals surface area contributed by atoms with E-state index in [2.05, 4.69) is 24.6 Å². The number of rotatable bonds is 6. The predicted octanol–water partition coefficient (Wildman–Crippen LogP) is 0.745. The second-order valence-corrected chi connectivity index (χ2v) is 4.48. The monoisotopic (exact) mass is 263 g/mol.